The molecule has 0 bridgehead atoms. The Morgan fingerprint density at radius 1 is 1.05 bits per heavy atom. The molecule has 2 N–H and O–H groups in total. The SMILES string of the molecule is CCCN(C[C@@H](C)Nc1cnc(C(=O)NCC(F)(F)F)cn1)c1nnc(Cc2ccccc2)c(C)c1C. The van der Waals surface area contributed by atoms with Crippen LogP contribution in [0.3, 0.4) is 0 Å². The Balaban J connectivity index is 1.66. The number of nitrogens with one attached hydrogen (secondary N) is 2. The van der Waals surface area contributed by atoms with E-state index >= 15 is 0 Å². The van der Waals surface area contributed by atoms with Crippen LogP contribution in [0.2, 0.25) is 0 Å². The molecular weight excluding hydrogens is 483 g/mol. The van der Waals surface area contributed by atoms with E-state index < -0.39 is 18.6 Å². The van der Waals surface area contributed by atoms with Crippen LogP contribution in [0.1, 0.15) is 53.1 Å². The van der Waals surface area contributed by atoms with Crippen molar-refractivity contribution in [3.05, 3.63) is 70.8 Å². The number of hydrogen-bond acceptors (Lipinski definition) is 7. The molecule has 0 fully saturated rings. The summed E-state index contributed by atoms with van der Waals surface area (Å²) >= 11 is 0. The number of nitrogens with zero attached hydrogens (tertiary/aromatic N) is 5. The molecular formula is C26H32F3N7O. The van der Waals surface area contributed by atoms with Crippen molar-refractivity contribution in [3.63, 3.8) is 0 Å². The monoisotopic (exact) mass is 515 g/mol. The van der Waals surface area contributed by atoms with E-state index in [1.165, 1.54) is 11.8 Å². The van der Waals surface area contributed by atoms with Crippen LogP contribution in [0.25, 0.3) is 0 Å². The summed E-state index contributed by atoms with van der Waals surface area (Å²) in [5, 5.41) is 14.1. The smallest absolute Gasteiger partial charge is 0.365 e. The number of rotatable bonds is 11. The van der Waals surface area contributed by atoms with Gasteiger partial charge in [0.15, 0.2) is 5.82 Å². The number of aromatic nitrogens is 4. The normalized spacial score (nSPS) is 12.2. The van der Waals surface area contributed by atoms with E-state index in [4.69, 9.17) is 0 Å². The second-order valence-corrected chi connectivity index (χ2v) is 8.96. The van der Waals surface area contributed by atoms with Crippen molar-refractivity contribution < 1.29 is 18.0 Å². The largest absolute Gasteiger partial charge is 0.405 e. The van der Waals surface area contributed by atoms with E-state index in [1.54, 1.807) is 5.32 Å². The molecule has 1 aromatic carbocycles. The molecule has 3 aromatic rings. The van der Waals surface area contributed by atoms with Crippen molar-refractivity contribution in [2.45, 2.75) is 52.8 Å². The summed E-state index contributed by atoms with van der Waals surface area (Å²) in [6, 6.07) is 10.1. The van der Waals surface area contributed by atoms with E-state index in [1.807, 2.05) is 25.1 Å². The van der Waals surface area contributed by atoms with Crippen molar-refractivity contribution >= 4 is 17.5 Å². The standard InChI is InChI=1S/C26H32F3N7O/c1-5-11-36(24-19(4)18(3)21(34-35-24)12-20-9-7-6-8-10-20)15-17(2)33-23-14-30-22(13-31-23)25(37)32-16-26(27,28)29/h6-10,13-14,17H,5,11-12,15-16H2,1-4H3,(H,31,33)(H,32,37)/t17-/m1/s1. The lowest BCUT2D eigenvalue weighted by molar-refractivity contribution is -0.123. The molecule has 1 amide bonds. The molecule has 1 atom stereocenters. The van der Waals surface area contributed by atoms with Gasteiger partial charge in [-0.2, -0.15) is 18.3 Å². The fraction of sp³-hybridized carbons (Fsp3) is 0.423. The number of hydrogen-bond donors (Lipinski definition) is 2. The lowest BCUT2D eigenvalue weighted by Gasteiger charge is -2.29. The second kappa shape index (κ2) is 12.5. The van der Waals surface area contributed by atoms with Gasteiger partial charge >= 0.3 is 6.18 Å². The summed E-state index contributed by atoms with van der Waals surface area (Å²) < 4.78 is 36.9. The number of benzene rings is 1. The maximum absolute atomic E-state index is 12.3. The fourth-order valence-corrected chi connectivity index (χ4v) is 3.87. The Labute approximate surface area is 214 Å². The number of carbonyl (C=O) groups is 1. The zero-order chi connectivity index (χ0) is 27.0. The summed E-state index contributed by atoms with van der Waals surface area (Å²) in [6.07, 6.45) is -0.380. The van der Waals surface area contributed by atoms with Gasteiger partial charge < -0.3 is 15.5 Å². The molecule has 198 valence electrons. The zero-order valence-electron chi connectivity index (χ0n) is 21.4. The van der Waals surface area contributed by atoms with Crippen LogP contribution in [0.4, 0.5) is 24.8 Å². The summed E-state index contributed by atoms with van der Waals surface area (Å²) in [6.45, 7) is 8.17. The molecule has 0 saturated heterocycles. The Hall–Kier alpha value is -3.76. The van der Waals surface area contributed by atoms with Crippen LogP contribution in [-0.2, 0) is 6.42 Å². The Morgan fingerprint density at radius 2 is 1.78 bits per heavy atom. The third-order valence-electron chi connectivity index (χ3n) is 5.83. The Kier molecular flexibility index (Phi) is 9.37. The summed E-state index contributed by atoms with van der Waals surface area (Å²) in [7, 11) is 0. The number of amides is 1. The molecule has 3 rings (SSSR count). The van der Waals surface area contributed by atoms with Gasteiger partial charge in [-0.05, 0) is 43.9 Å². The van der Waals surface area contributed by atoms with Gasteiger partial charge in [0.25, 0.3) is 5.91 Å². The molecule has 8 nitrogen and oxygen atoms in total. The van der Waals surface area contributed by atoms with Crippen LogP contribution in [0.5, 0.6) is 0 Å². The third-order valence-corrected chi connectivity index (χ3v) is 5.83. The van der Waals surface area contributed by atoms with Crippen LogP contribution < -0.4 is 15.5 Å². The van der Waals surface area contributed by atoms with E-state index in [9.17, 15) is 18.0 Å². The predicted octanol–water partition coefficient (Wildman–Crippen LogP) is 4.48. The van der Waals surface area contributed by atoms with Crippen LogP contribution in [0, 0.1) is 13.8 Å². The minimum absolute atomic E-state index is 0.0729. The van der Waals surface area contributed by atoms with Gasteiger partial charge in [0.05, 0.1) is 18.1 Å². The first kappa shape index (κ1) is 27.8. The van der Waals surface area contributed by atoms with E-state index in [0.29, 0.717) is 12.4 Å². The lowest BCUT2D eigenvalue weighted by atomic mass is 10.0. The predicted molar refractivity (Wildman–Crippen MR) is 137 cm³/mol. The minimum Gasteiger partial charge on any atom is -0.365 e. The molecule has 0 aliphatic rings. The Morgan fingerprint density at radius 3 is 2.41 bits per heavy atom. The summed E-state index contributed by atoms with van der Waals surface area (Å²) in [5.41, 5.74) is 4.13. The van der Waals surface area contributed by atoms with Crippen LogP contribution in [-0.4, -0.2) is 57.9 Å². The van der Waals surface area contributed by atoms with Gasteiger partial charge in [0, 0.05) is 25.6 Å². The molecule has 11 heteroatoms. The third kappa shape index (κ3) is 8.12. The lowest BCUT2D eigenvalue weighted by Crippen LogP contribution is -2.37. The molecule has 0 spiro atoms. The van der Waals surface area contributed by atoms with E-state index in [2.05, 4.69) is 63.3 Å². The van der Waals surface area contributed by atoms with E-state index in [0.717, 1.165) is 48.2 Å². The minimum atomic E-state index is -4.49. The topological polar surface area (TPSA) is 95.9 Å². The summed E-state index contributed by atoms with van der Waals surface area (Å²) in [4.78, 5) is 22.1. The molecule has 0 saturated carbocycles. The molecule has 0 aliphatic heterocycles. The van der Waals surface area contributed by atoms with Gasteiger partial charge in [0.2, 0.25) is 0 Å². The van der Waals surface area contributed by atoms with Gasteiger partial charge in [-0.3, -0.25) is 4.79 Å². The molecule has 37 heavy (non-hydrogen) atoms. The van der Waals surface area contributed by atoms with Crippen molar-refractivity contribution in [3.8, 4) is 0 Å². The first-order chi connectivity index (χ1) is 17.6. The van der Waals surface area contributed by atoms with Gasteiger partial charge in [0.1, 0.15) is 18.1 Å². The van der Waals surface area contributed by atoms with Crippen molar-refractivity contribution in [1.29, 1.82) is 0 Å². The van der Waals surface area contributed by atoms with Crippen molar-refractivity contribution in [2.24, 2.45) is 0 Å². The van der Waals surface area contributed by atoms with Crippen molar-refractivity contribution in [2.75, 3.05) is 29.9 Å². The number of carbonyl (C=O) groups excluding carboxylic acids is 1. The maximum atomic E-state index is 12.3. The van der Waals surface area contributed by atoms with Gasteiger partial charge in [-0.15, -0.1) is 5.10 Å². The second-order valence-electron chi connectivity index (χ2n) is 8.96. The Bertz CT molecular complexity index is 1170. The molecule has 2 aromatic heterocycles. The number of alkyl halides is 3. The highest BCUT2D eigenvalue weighted by Gasteiger charge is 2.28. The molecule has 0 radical (unpaired) electrons. The van der Waals surface area contributed by atoms with Gasteiger partial charge in [-0.25, -0.2) is 9.97 Å². The number of anilines is 2. The molecule has 0 unspecified atom stereocenters. The van der Waals surface area contributed by atoms with Crippen LogP contribution >= 0.6 is 0 Å². The maximum Gasteiger partial charge on any atom is 0.405 e. The fourth-order valence-electron chi connectivity index (χ4n) is 3.87. The number of halogens is 3. The first-order valence-electron chi connectivity index (χ1n) is 12.1. The molecule has 2 heterocycles. The quantitative estimate of drug-likeness (QED) is 0.389. The average molecular weight is 516 g/mol. The highest BCUT2D eigenvalue weighted by Crippen LogP contribution is 2.24. The zero-order valence-corrected chi connectivity index (χ0v) is 21.4. The summed E-state index contributed by atoms with van der Waals surface area (Å²) in [5.74, 6) is 0.305. The van der Waals surface area contributed by atoms with Gasteiger partial charge in [-0.1, -0.05) is 37.3 Å². The highest BCUT2D eigenvalue weighted by atomic mass is 19.4. The van der Waals surface area contributed by atoms with Crippen molar-refractivity contribution in [1.82, 2.24) is 25.5 Å². The molecule has 0 aliphatic carbocycles. The first-order valence-corrected chi connectivity index (χ1v) is 12.1. The highest BCUT2D eigenvalue weighted by molar-refractivity contribution is 5.92. The average Bonchev–Trinajstić information content (AvgIpc) is 2.86. The van der Waals surface area contributed by atoms with E-state index in [-0.39, 0.29) is 11.7 Å². The van der Waals surface area contributed by atoms with Crippen LogP contribution in [0.15, 0.2) is 42.7 Å².